The molecule has 29 heavy (non-hydrogen) atoms. The number of nitrogens with one attached hydrogen (secondary N) is 1. The van der Waals surface area contributed by atoms with Gasteiger partial charge in [-0.25, -0.2) is 0 Å². The number of carboxylic acids is 1. The highest BCUT2D eigenvalue weighted by molar-refractivity contribution is 5.75. The molecule has 3 heterocycles. The summed E-state index contributed by atoms with van der Waals surface area (Å²) in [5, 5.41) is 12.6. The number of ether oxygens (including phenoxy) is 2. The molecule has 2 unspecified atom stereocenters. The second-order valence-corrected chi connectivity index (χ2v) is 7.65. The van der Waals surface area contributed by atoms with Crippen LogP contribution in [0.25, 0.3) is 0 Å². The lowest BCUT2D eigenvalue weighted by Gasteiger charge is -2.38. The zero-order chi connectivity index (χ0) is 20.2. The van der Waals surface area contributed by atoms with Crippen molar-refractivity contribution in [2.45, 2.75) is 38.1 Å². The maximum absolute atomic E-state index is 11.5. The first-order valence-corrected chi connectivity index (χ1v) is 10.1. The molecule has 0 spiro atoms. The minimum absolute atomic E-state index is 0.0151. The van der Waals surface area contributed by atoms with Gasteiger partial charge in [0, 0.05) is 37.1 Å². The van der Waals surface area contributed by atoms with Gasteiger partial charge < -0.3 is 19.9 Å². The van der Waals surface area contributed by atoms with Gasteiger partial charge in [-0.2, -0.15) is 0 Å². The number of hydrogen-bond donors (Lipinski definition) is 2. The third kappa shape index (κ3) is 4.58. The van der Waals surface area contributed by atoms with Gasteiger partial charge in [0.2, 0.25) is 0 Å². The molecule has 1 aromatic heterocycles. The van der Waals surface area contributed by atoms with Crippen LogP contribution in [0.15, 0.2) is 42.7 Å². The average molecular weight is 397 g/mol. The fourth-order valence-corrected chi connectivity index (χ4v) is 4.24. The van der Waals surface area contributed by atoms with Crippen LogP contribution in [0.3, 0.4) is 0 Å². The zero-order valence-electron chi connectivity index (χ0n) is 16.6. The molecule has 2 saturated heterocycles. The maximum atomic E-state index is 11.5. The van der Waals surface area contributed by atoms with E-state index in [0.717, 1.165) is 42.0 Å². The summed E-state index contributed by atoms with van der Waals surface area (Å²) in [7, 11) is 0. The first-order chi connectivity index (χ1) is 14.1. The molecular formula is C22H27N3O4. The van der Waals surface area contributed by atoms with Crippen molar-refractivity contribution in [3.63, 3.8) is 0 Å². The van der Waals surface area contributed by atoms with Gasteiger partial charge in [-0.15, -0.1) is 0 Å². The molecule has 4 rings (SSSR count). The number of aryl methyl sites for hydroxylation is 1. The van der Waals surface area contributed by atoms with Gasteiger partial charge in [-0.3, -0.25) is 14.7 Å². The van der Waals surface area contributed by atoms with Crippen molar-refractivity contribution in [3.05, 3.63) is 59.4 Å². The smallest absolute Gasteiger partial charge is 0.322 e. The van der Waals surface area contributed by atoms with E-state index in [4.69, 9.17) is 9.47 Å². The van der Waals surface area contributed by atoms with E-state index in [1.807, 2.05) is 24.3 Å². The topological polar surface area (TPSA) is 83.9 Å². The van der Waals surface area contributed by atoms with E-state index < -0.39 is 12.0 Å². The Morgan fingerprint density at radius 1 is 1.41 bits per heavy atom. The summed E-state index contributed by atoms with van der Waals surface area (Å²) < 4.78 is 11.9. The summed E-state index contributed by atoms with van der Waals surface area (Å²) in [6.45, 7) is 5.35. The molecule has 7 heteroatoms. The summed E-state index contributed by atoms with van der Waals surface area (Å²) in [6, 6.07) is 9.46. The van der Waals surface area contributed by atoms with Gasteiger partial charge in [0.1, 0.15) is 18.4 Å². The Kier molecular flexibility index (Phi) is 6.08. The highest BCUT2D eigenvalue weighted by atomic mass is 16.5. The molecule has 2 fully saturated rings. The molecule has 7 nitrogen and oxygen atoms in total. The van der Waals surface area contributed by atoms with Crippen LogP contribution in [0, 0.1) is 6.92 Å². The van der Waals surface area contributed by atoms with Crippen molar-refractivity contribution < 1.29 is 19.4 Å². The van der Waals surface area contributed by atoms with E-state index in [-0.39, 0.29) is 12.1 Å². The molecule has 0 radical (unpaired) electrons. The van der Waals surface area contributed by atoms with Crippen molar-refractivity contribution in [2.75, 3.05) is 26.2 Å². The van der Waals surface area contributed by atoms with Crippen molar-refractivity contribution in [1.82, 2.24) is 15.2 Å². The fourth-order valence-electron chi connectivity index (χ4n) is 4.24. The van der Waals surface area contributed by atoms with E-state index in [1.165, 1.54) is 0 Å². The Bertz CT molecular complexity index is 845. The predicted molar refractivity (Wildman–Crippen MR) is 108 cm³/mol. The molecule has 3 atom stereocenters. The predicted octanol–water partition coefficient (Wildman–Crippen LogP) is 2.16. The van der Waals surface area contributed by atoms with Gasteiger partial charge in [0.15, 0.2) is 0 Å². The second-order valence-electron chi connectivity index (χ2n) is 7.65. The van der Waals surface area contributed by atoms with Crippen LogP contribution in [-0.2, 0) is 16.1 Å². The average Bonchev–Trinajstić information content (AvgIpc) is 3.24. The van der Waals surface area contributed by atoms with Crippen LogP contribution in [0.1, 0.15) is 29.2 Å². The van der Waals surface area contributed by atoms with Crippen molar-refractivity contribution in [1.29, 1.82) is 0 Å². The summed E-state index contributed by atoms with van der Waals surface area (Å²) in [5.41, 5.74) is 3.26. The number of carbonyl (C=O) groups is 1. The molecule has 2 N–H and O–H groups in total. The van der Waals surface area contributed by atoms with E-state index in [9.17, 15) is 9.90 Å². The monoisotopic (exact) mass is 397 g/mol. The zero-order valence-corrected chi connectivity index (χ0v) is 16.6. The third-order valence-electron chi connectivity index (χ3n) is 5.74. The maximum Gasteiger partial charge on any atom is 0.322 e. The van der Waals surface area contributed by atoms with Crippen molar-refractivity contribution in [2.24, 2.45) is 0 Å². The molecule has 0 saturated carbocycles. The number of morpholine rings is 1. The summed E-state index contributed by atoms with van der Waals surface area (Å²) in [4.78, 5) is 17.9. The van der Waals surface area contributed by atoms with Gasteiger partial charge in [0.05, 0.1) is 12.7 Å². The van der Waals surface area contributed by atoms with E-state index in [1.54, 1.807) is 12.4 Å². The Labute approximate surface area is 170 Å². The Hall–Kier alpha value is -2.48. The van der Waals surface area contributed by atoms with Crippen LogP contribution in [0.4, 0.5) is 0 Å². The standard InChI is InChI=1S/C22H27N3O4/c1-15-11-17(29-14-16-3-2-7-23-12-16)4-5-18(15)20-13-25(9-10-28-20)19-6-8-24-21(19)22(26)27/h2-5,7,11-12,19-21,24H,6,8-10,13-14H2,1H3,(H,26,27)/t19?,20?,21-/m0/s1. The highest BCUT2D eigenvalue weighted by Crippen LogP contribution is 2.30. The van der Waals surface area contributed by atoms with Crippen molar-refractivity contribution in [3.8, 4) is 5.75 Å². The minimum atomic E-state index is -0.776. The SMILES string of the molecule is Cc1cc(OCc2cccnc2)ccc1C1CN(C2CCN[C@@H]2C(=O)O)CCO1. The number of carboxylic acid groups (broad SMARTS) is 1. The molecular weight excluding hydrogens is 370 g/mol. The summed E-state index contributed by atoms with van der Waals surface area (Å²) in [5.74, 6) is 0.0375. The van der Waals surface area contributed by atoms with E-state index in [2.05, 4.69) is 28.2 Å². The number of aliphatic carboxylic acids is 1. The van der Waals surface area contributed by atoms with Crippen LogP contribution < -0.4 is 10.1 Å². The number of nitrogens with zero attached hydrogens (tertiary/aromatic N) is 2. The summed E-state index contributed by atoms with van der Waals surface area (Å²) >= 11 is 0. The number of aromatic nitrogens is 1. The highest BCUT2D eigenvalue weighted by Gasteiger charge is 2.39. The number of benzene rings is 1. The number of rotatable bonds is 6. The lowest BCUT2D eigenvalue weighted by molar-refractivity contribution is -0.141. The Morgan fingerprint density at radius 2 is 2.31 bits per heavy atom. The fraction of sp³-hybridized carbons (Fsp3) is 0.455. The first-order valence-electron chi connectivity index (χ1n) is 10.1. The van der Waals surface area contributed by atoms with Gasteiger partial charge >= 0.3 is 5.97 Å². The lowest BCUT2D eigenvalue weighted by Crippen LogP contribution is -2.52. The third-order valence-corrected chi connectivity index (χ3v) is 5.74. The van der Waals surface area contributed by atoms with Crippen LogP contribution in [0.2, 0.25) is 0 Å². The quantitative estimate of drug-likeness (QED) is 0.773. The van der Waals surface area contributed by atoms with Crippen LogP contribution in [-0.4, -0.2) is 59.3 Å². The first kappa shape index (κ1) is 19.8. The minimum Gasteiger partial charge on any atom is -0.489 e. The van der Waals surface area contributed by atoms with E-state index in [0.29, 0.717) is 19.8 Å². The van der Waals surface area contributed by atoms with Gasteiger partial charge in [0.25, 0.3) is 0 Å². The molecule has 2 aromatic rings. The Morgan fingerprint density at radius 3 is 3.07 bits per heavy atom. The Balaban J connectivity index is 1.42. The van der Waals surface area contributed by atoms with Crippen molar-refractivity contribution >= 4 is 5.97 Å². The lowest BCUT2D eigenvalue weighted by atomic mass is 9.99. The van der Waals surface area contributed by atoms with Crippen LogP contribution in [0.5, 0.6) is 5.75 Å². The van der Waals surface area contributed by atoms with Gasteiger partial charge in [-0.05, 0) is 49.2 Å². The molecule has 2 aliphatic heterocycles. The number of pyridine rings is 1. The van der Waals surface area contributed by atoms with Gasteiger partial charge in [-0.1, -0.05) is 12.1 Å². The molecule has 0 bridgehead atoms. The molecule has 1 aromatic carbocycles. The molecule has 0 aliphatic carbocycles. The van der Waals surface area contributed by atoms with Crippen LogP contribution >= 0.6 is 0 Å². The second kappa shape index (κ2) is 8.90. The normalized spacial score (nSPS) is 25.1. The largest absolute Gasteiger partial charge is 0.489 e. The number of hydrogen-bond acceptors (Lipinski definition) is 6. The molecule has 2 aliphatic rings. The molecule has 154 valence electrons. The molecule has 0 amide bonds. The van der Waals surface area contributed by atoms with E-state index >= 15 is 0 Å². The summed E-state index contributed by atoms with van der Waals surface area (Å²) in [6.07, 6.45) is 4.33.